The van der Waals surface area contributed by atoms with E-state index in [0.717, 1.165) is 22.7 Å². The van der Waals surface area contributed by atoms with Gasteiger partial charge < -0.3 is 4.74 Å². The zero-order chi connectivity index (χ0) is 15.4. The zero-order valence-electron chi connectivity index (χ0n) is 11.8. The molecule has 0 bridgehead atoms. The molecule has 6 heteroatoms. The van der Waals surface area contributed by atoms with Crippen molar-refractivity contribution in [1.29, 1.82) is 0 Å². The van der Waals surface area contributed by atoms with Crippen molar-refractivity contribution in [2.45, 2.75) is 0 Å². The Hall–Kier alpha value is -2.66. The van der Waals surface area contributed by atoms with Crippen LogP contribution in [0.1, 0.15) is 0 Å². The summed E-state index contributed by atoms with van der Waals surface area (Å²) in [5.74, 6) is 0.782. The first-order valence-corrected chi connectivity index (χ1v) is 6.99. The molecular formula is C16H13ClN4O. The molecule has 1 N–H and O–H groups in total. The van der Waals surface area contributed by atoms with Crippen LogP contribution in [0.3, 0.4) is 0 Å². The van der Waals surface area contributed by atoms with Gasteiger partial charge in [0.1, 0.15) is 11.4 Å². The summed E-state index contributed by atoms with van der Waals surface area (Å²) in [5.41, 5.74) is 3.15. The van der Waals surface area contributed by atoms with Crippen LogP contribution in [0.15, 0.2) is 65.0 Å². The molecule has 3 rings (SSSR count). The fourth-order valence-electron chi connectivity index (χ4n) is 1.95. The lowest BCUT2D eigenvalue weighted by Gasteiger charge is -2.00. The highest BCUT2D eigenvalue weighted by Gasteiger charge is 2.07. The maximum absolute atomic E-state index is 5.90. The van der Waals surface area contributed by atoms with Crippen molar-refractivity contribution in [1.82, 2.24) is 10.2 Å². The molecule has 0 saturated heterocycles. The molecular weight excluding hydrogens is 300 g/mol. The van der Waals surface area contributed by atoms with Crippen molar-refractivity contribution >= 4 is 23.0 Å². The molecule has 3 aromatic rings. The number of H-pyrrole nitrogens is 1. The fraction of sp³-hybridized carbons (Fsp3) is 0.0625. The van der Waals surface area contributed by atoms with Gasteiger partial charge in [-0.05, 0) is 36.4 Å². The Morgan fingerprint density at radius 3 is 2.41 bits per heavy atom. The molecule has 5 nitrogen and oxygen atoms in total. The minimum absolute atomic E-state index is 0.665. The maximum atomic E-state index is 5.90. The number of azo groups is 1. The van der Waals surface area contributed by atoms with E-state index < -0.39 is 0 Å². The molecule has 110 valence electrons. The van der Waals surface area contributed by atoms with Crippen LogP contribution in [0.2, 0.25) is 5.02 Å². The van der Waals surface area contributed by atoms with E-state index in [4.69, 9.17) is 16.3 Å². The van der Waals surface area contributed by atoms with Gasteiger partial charge in [0.25, 0.3) is 0 Å². The Balaban J connectivity index is 1.85. The second-order valence-corrected chi connectivity index (χ2v) is 4.97. The number of benzene rings is 2. The van der Waals surface area contributed by atoms with Crippen molar-refractivity contribution < 1.29 is 4.74 Å². The van der Waals surface area contributed by atoms with Crippen LogP contribution in [-0.4, -0.2) is 17.3 Å². The fourth-order valence-corrected chi connectivity index (χ4v) is 2.07. The second-order valence-electron chi connectivity index (χ2n) is 4.54. The quantitative estimate of drug-likeness (QED) is 0.677. The van der Waals surface area contributed by atoms with Crippen molar-refractivity contribution in [3.05, 3.63) is 59.8 Å². The minimum Gasteiger partial charge on any atom is -0.497 e. The third-order valence-electron chi connectivity index (χ3n) is 3.10. The highest BCUT2D eigenvalue weighted by atomic mass is 35.5. The predicted molar refractivity (Wildman–Crippen MR) is 86.2 cm³/mol. The SMILES string of the molecule is COc1ccc(N=Nc2cn[nH]c2-c2ccc(Cl)cc2)cc1. The first kappa shape index (κ1) is 14.3. The Morgan fingerprint density at radius 1 is 1.00 bits per heavy atom. The number of ether oxygens (including phenoxy) is 1. The summed E-state index contributed by atoms with van der Waals surface area (Å²) >= 11 is 5.90. The summed E-state index contributed by atoms with van der Waals surface area (Å²) in [7, 11) is 1.63. The minimum atomic E-state index is 0.665. The first-order valence-electron chi connectivity index (χ1n) is 6.61. The summed E-state index contributed by atoms with van der Waals surface area (Å²) < 4.78 is 5.11. The number of aromatic nitrogens is 2. The van der Waals surface area contributed by atoms with Gasteiger partial charge in [-0.25, -0.2) is 0 Å². The molecule has 22 heavy (non-hydrogen) atoms. The molecule has 0 aliphatic heterocycles. The number of aromatic amines is 1. The molecule has 0 unspecified atom stereocenters. The summed E-state index contributed by atoms with van der Waals surface area (Å²) in [5, 5.41) is 16.1. The lowest BCUT2D eigenvalue weighted by Crippen LogP contribution is -1.79. The van der Waals surface area contributed by atoms with E-state index in [0.29, 0.717) is 10.7 Å². The number of nitrogens with one attached hydrogen (secondary N) is 1. The van der Waals surface area contributed by atoms with Gasteiger partial charge >= 0.3 is 0 Å². The number of halogens is 1. The molecule has 2 aromatic carbocycles. The largest absolute Gasteiger partial charge is 0.497 e. The number of rotatable bonds is 4. The molecule has 1 aromatic heterocycles. The van der Waals surface area contributed by atoms with Gasteiger partial charge in [-0.3, -0.25) is 5.10 Å². The van der Waals surface area contributed by atoms with Crippen LogP contribution in [0.4, 0.5) is 11.4 Å². The van der Waals surface area contributed by atoms with Gasteiger partial charge in [0.15, 0.2) is 0 Å². The number of hydrogen-bond acceptors (Lipinski definition) is 4. The summed E-state index contributed by atoms with van der Waals surface area (Å²) in [4.78, 5) is 0. The Morgan fingerprint density at radius 2 is 1.73 bits per heavy atom. The van der Waals surface area contributed by atoms with Crippen molar-refractivity contribution in [3.63, 3.8) is 0 Å². The van der Waals surface area contributed by atoms with Crippen LogP contribution in [0.5, 0.6) is 5.75 Å². The van der Waals surface area contributed by atoms with Crippen molar-refractivity contribution in [2.24, 2.45) is 10.2 Å². The average Bonchev–Trinajstić information content (AvgIpc) is 3.02. The van der Waals surface area contributed by atoms with Crippen molar-refractivity contribution in [3.8, 4) is 17.0 Å². The number of hydrogen-bond donors (Lipinski definition) is 1. The summed E-state index contributed by atoms with van der Waals surface area (Å²) in [6.45, 7) is 0. The van der Waals surface area contributed by atoms with Crippen LogP contribution >= 0.6 is 11.6 Å². The lowest BCUT2D eigenvalue weighted by molar-refractivity contribution is 0.415. The molecule has 0 aliphatic rings. The topological polar surface area (TPSA) is 62.6 Å². The monoisotopic (exact) mass is 312 g/mol. The van der Waals surface area contributed by atoms with E-state index in [2.05, 4.69) is 20.4 Å². The molecule has 0 radical (unpaired) electrons. The molecule has 0 amide bonds. The summed E-state index contributed by atoms with van der Waals surface area (Å²) in [6.07, 6.45) is 1.64. The third kappa shape index (κ3) is 3.15. The lowest BCUT2D eigenvalue weighted by atomic mass is 10.1. The Bertz CT molecular complexity index is 779. The zero-order valence-corrected chi connectivity index (χ0v) is 12.6. The van der Waals surface area contributed by atoms with Gasteiger partial charge in [-0.1, -0.05) is 23.7 Å². The highest BCUT2D eigenvalue weighted by molar-refractivity contribution is 6.30. The molecule has 0 fully saturated rings. The number of methoxy groups -OCH3 is 1. The van der Waals surface area contributed by atoms with E-state index in [1.165, 1.54) is 0 Å². The van der Waals surface area contributed by atoms with E-state index >= 15 is 0 Å². The smallest absolute Gasteiger partial charge is 0.131 e. The van der Waals surface area contributed by atoms with Crippen LogP contribution < -0.4 is 4.74 Å². The average molecular weight is 313 g/mol. The highest BCUT2D eigenvalue weighted by Crippen LogP contribution is 2.30. The van der Waals surface area contributed by atoms with Crippen LogP contribution in [-0.2, 0) is 0 Å². The second kappa shape index (κ2) is 6.41. The summed E-state index contributed by atoms with van der Waals surface area (Å²) in [6, 6.07) is 14.8. The van der Waals surface area contributed by atoms with Crippen molar-refractivity contribution in [2.75, 3.05) is 7.11 Å². The molecule has 0 saturated carbocycles. The maximum Gasteiger partial charge on any atom is 0.131 e. The van der Waals surface area contributed by atoms with Gasteiger partial charge in [-0.15, -0.1) is 5.11 Å². The van der Waals surface area contributed by atoms with Gasteiger partial charge in [0.2, 0.25) is 0 Å². The predicted octanol–water partition coefficient (Wildman–Crippen LogP) is 5.15. The molecule has 1 heterocycles. The van der Waals surface area contributed by atoms with E-state index in [9.17, 15) is 0 Å². The van der Waals surface area contributed by atoms with Gasteiger partial charge in [0, 0.05) is 10.6 Å². The third-order valence-corrected chi connectivity index (χ3v) is 3.35. The van der Waals surface area contributed by atoms with E-state index in [1.54, 1.807) is 13.3 Å². The van der Waals surface area contributed by atoms with Crippen LogP contribution in [0.25, 0.3) is 11.3 Å². The molecule has 0 atom stereocenters. The normalized spacial score (nSPS) is 11.0. The first-order chi connectivity index (χ1) is 10.8. The Labute approximate surface area is 132 Å². The van der Waals surface area contributed by atoms with Gasteiger partial charge in [0.05, 0.1) is 24.7 Å². The van der Waals surface area contributed by atoms with Gasteiger partial charge in [-0.2, -0.15) is 10.2 Å². The Kier molecular flexibility index (Phi) is 4.16. The van der Waals surface area contributed by atoms with Crippen LogP contribution in [0, 0.1) is 0 Å². The van der Waals surface area contributed by atoms with E-state index in [-0.39, 0.29) is 0 Å². The molecule has 0 aliphatic carbocycles. The standard InChI is InChI=1S/C16H13ClN4O/c1-22-14-8-6-13(7-9-14)19-20-15-10-18-21-16(15)11-2-4-12(17)5-3-11/h2-10H,1H3,(H,18,21). The number of nitrogens with zero attached hydrogens (tertiary/aromatic N) is 3. The van der Waals surface area contributed by atoms with E-state index in [1.807, 2.05) is 48.5 Å². The molecule has 0 spiro atoms.